The second-order valence-electron chi connectivity index (χ2n) is 4.36. The van der Waals surface area contributed by atoms with Crippen LogP contribution in [-0.2, 0) is 9.32 Å². The minimum Gasteiger partial charge on any atom is -0.452 e. The van der Waals surface area contributed by atoms with Crippen molar-refractivity contribution in [2.45, 2.75) is 43.0 Å². The summed E-state index contributed by atoms with van der Waals surface area (Å²) in [4.78, 5) is 22.1. The van der Waals surface area contributed by atoms with E-state index in [-0.39, 0.29) is 24.1 Å². The van der Waals surface area contributed by atoms with E-state index in [9.17, 15) is 9.59 Å². The number of rotatable bonds is 5. The summed E-state index contributed by atoms with van der Waals surface area (Å²) in [5.41, 5.74) is 0. The molecule has 96 valence electrons. The van der Waals surface area contributed by atoms with Gasteiger partial charge in [0.2, 0.25) is 0 Å². The zero-order chi connectivity index (χ0) is 12.3. The Hall–Kier alpha value is -0.480. The van der Waals surface area contributed by atoms with Gasteiger partial charge in [0.25, 0.3) is 0 Å². The van der Waals surface area contributed by atoms with Crippen LogP contribution in [0.2, 0.25) is 0 Å². The Balaban J connectivity index is 1.66. The lowest BCUT2D eigenvalue weighted by Gasteiger charge is -2.16. The third-order valence-electron chi connectivity index (χ3n) is 3.19. The molecule has 2 saturated heterocycles. The molecule has 0 radical (unpaired) electrons. The summed E-state index contributed by atoms with van der Waals surface area (Å²) < 4.78 is 4.51. The topological polar surface area (TPSA) is 67.4 Å². The van der Waals surface area contributed by atoms with Crippen molar-refractivity contribution in [1.82, 2.24) is 10.6 Å². The third kappa shape index (κ3) is 3.26. The molecule has 0 aromatic carbocycles. The number of hydrogen-bond acceptors (Lipinski definition) is 4. The molecule has 2 N–H and O–H groups in total. The molecule has 0 aromatic heterocycles. The Morgan fingerprint density at radius 3 is 3.06 bits per heavy atom. The van der Waals surface area contributed by atoms with E-state index in [4.69, 9.17) is 0 Å². The number of hydrogen-bond donors (Lipinski definition) is 2. The molecule has 5 nitrogen and oxygen atoms in total. The molecule has 2 aliphatic rings. The fourth-order valence-electron chi connectivity index (χ4n) is 2.32. The maximum atomic E-state index is 11.2. The zero-order valence-electron chi connectivity index (χ0n) is 9.48. The third-order valence-corrected chi connectivity index (χ3v) is 4.96. The maximum absolute atomic E-state index is 11.2. The van der Waals surface area contributed by atoms with Crippen LogP contribution in [0.3, 0.4) is 0 Å². The molecule has 2 amide bonds. The van der Waals surface area contributed by atoms with Gasteiger partial charge in [0.1, 0.15) is 0 Å². The molecule has 7 heteroatoms. The van der Waals surface area contributed by atoms with E-state index >= 15 is 0 Å². The first-order valence-electron chi connectivity index (χ1n) is 5.79. The van der Waals surface area contributed by atoms with Gasteiger partial charge in [-0.3, -0.25) is 4.79 Å². The molecule has 0 bridgehead atoms. The summed E-state index contributed by atoms with van der Waals surface area (Å²) in [5, 5.41) is 6.35. The van der Waals surface area contributed by atoms with Crippen molar-refractivity contribution >= 4 is 33.2 Å². The summed E-state index contributed by atoms with van der Waals surface area (Å²) >= 11 is 1.90. The van der Waals surface area contributed by atoms with Crippen LogP contribution in [-0.4, -0.2) is 35.1 Å². The molecule has 0 aromatic rings. The lowest BCUT2D eigenvalue weighted by molar-refractivity contribution is -0.133. The van der Waals surface area contributed by atoms with Gasteiger partial charge < -0.3 is 15.2 Å². The quantitative estimate of drug-likeness (QED) is 0.447. The van der Waals surface area contributed by atoms with Gasteiger partial charge in [-0.05, 0) is 12.8 Å². The molecule has 0 aliphatic carbocycles. The number of urea groups is 1. The van der Waals surface area contributed by atoms with Crippen molar-refractivity contribution in [3.63, 3.8) is 0 Å². The van der Waals surface area contributed by atoms with Crippen LogP contribution in [0.4, 0.5) is 4.79 Å². The van der Waals surface area contributed by atoms with E-state index in [0.29, 0.717) is 11.7 Å². The zero-order valence-corrected chi connectivity index (χ0v) is 11.4. The smallest absolute Gasteiger partial charge is 0.315 e. The van der Waals surface area contributed by atoms with E-state index in [2.05, 4.69) is 15.2 Å². The number of carbonyl (C=O) groups is 2. The van der Waals surface area contributed by atoms with Gasteiger partial charge in [-0.25, -0.2) is 4.79 Å². The Labute approximate surface area is 107 Å². The standard InChI is InChI=1S/C10H17N2O3PS/c13-8(15-16)4-2-1-3-7-9-6(5-17-7)11-10(14)12-9/h6-7,9H,1-5,16H2,(H2,11,12,14)/t6-,7-,9-/m0/s1. The highest BCUT2D eigenvalue weighted by atomic mass is 32.2. The number of amides is 2. The summed E-state index contributed by atoms with van der Waals surface area (Å²) in [5.74, 6) is 0.810. The highest BCUT2D eigenvalue weighted by Crippen LogP contribution is 2.33. The monoisotopic (exact) mass is 276 g/mol. The van der Waals surface area contributed by atoms with Crippen molar-refractivity contribution in [1.29, 1.82) is 0 Å². The van der Waals surface area contributed by atoms with E-state index in [1.807, 2.05) is 21.2 Å². The maximum Gasteiger partial charge on any atom is 0.315 e. The number of thioether (sulfide) groups is 1. The summed E-state index contributed by atoms with van der Waals surface area (Å²) in [7, 11) is 1.97. The van der Waals surface area contributed by atoms with Gasteiger partial charge in [0, 0.05) is 17.4 Å². The van der Waals surface area contributed by atoms with Crippen molar-refractivity contribution in [2.75, 3.05) is 5.75 Å². The summed E-state index contributed by atoms with van der Waals surface area (Å²) in [6.45, 7) is 0. The number of fused-ring (bicyclic) bond motifs is 1. The summed E-state index contributed by atoms with van der Waals surface area (Å²) in [6.07, 6.45) is 3.36. The van der Waals surface area contributed by atoms with Crippen LogP contribution >= 0.6 is 21.2 Å². The summed E-state index contributed by atoms with van der Waals surface area (Å²) in [6, 6.07) is 0.507. The second kappa shape index (κ2) is 5.91. The number of carbonyl (C=O) groups excluding carboxylic acids is 2. The van der Waals surface area contributed by atoms with Crippen molar-refractivity contribution in [3.8, 4) is 0 Å². The normalized spacial score (nSPS) is 30.6. The molecule has 2 heterocycles. The molecule has 0 spiro atoms. The van der Waals surface area contributed by atoms with Crippen molar-refractivity contribution in [2.24, 2.45) is 0 Å². The van der Waals surface area contributed by atoms with E-state index < -0.39 is 0 Å². The Kier molecular flexibility index (Phi) is 4.51. The Bertz CT molecular complexity index is 316. The average Bonchev–Trinajstić information content (AvgIpc) is 2.84. The van der Waals surface area contributed by atoms with Crippen LogP contribution in [0.1, 0.15) is 25.7 Å². The Morgan fingerprint density at radius 1 is 1.47 bits per heavy atom. The fourth-order valence-corrected chi connectivity index (χ4v) is 3.98. The van der Waals surface area contributed by atoms with Gasteiger partial charge in [-0.15, -0.1) is 0 Å². The fraction of sp³-hybridized carbons (Fsp3) is 0.800. The van der Waals surface area contributed by atoms with E-state index in [0.717, 1.165) is 25.0 Å². The van der Waals surface area contributed by atoms with Crippen molar-refractivity contribution in [3.05, 3.63) is 0 Å². The SMILES string of the molecule is O=C1N[C@H]2[C@H](CS[C@H]2CCCCC(=O)OP)N1. The average molecular weight is 276 g/mol. The first-order valence-corrected chi connectivity index (χ1v) is 7.31. The van der Waals surface area contributed by atoms with Crippen LogP contribution in [0.5, 0.6) is 0 Å². The number of nitrogens with one attached hydrogen (secondary N) is 2. The van der Waals surface area contributed by atoms with E-state index in [1.54, 1.807) is 0 Å². The largest absolute Gasteiger partial charge is 0.452 e. The molecular formula is C10H17N2O3PS. The molecule has 1 unspecified atom stereocenters. The molecule has 17 heavy (non-hydrogen) atoms. The minimum absolute atomic E-state index is 0.0446. The highest BCUT2D eigenvalue weighted by molar-refractivity contribution is 8.00. The minimum atomic E-state index is -0.178. The van der Waals surface area contributed by atoms with Crippen LogP contribution in [0, 0.1) is 0 Å². The lowest BCUT2D eigenvalue weighted by atomic mass is 10.0. The number of unbranched alkanes of at least 4 members (excludes halogenated alkanes) is 1. The van der Waals surface area contributed by atoms with Gasteiger partial charge in [-0.2, -0.15) is 11.8 Å². The lowest BCUT2D eigenvalue weighted by Crippen LogP contribution is -2.36. The molecule has 0 saturated carbocycles. The van der Waals surface area contributed by atoms with Gasteiger partial charge in [-0.1, -0.05) is 6.42 Å². The molecule has 2 fully saturated rings. The van der Waals surface area contributed by atoms with Gasteiger partial charge >= 0.3 is 12.0 Å². The van der Waals surface area contributed by atoms with E-state index in [1.165, 1.54) is 0 Å². The Morgan fingerprint density at radius 2 is 2.29 bits per heavy atom. The van der Waals surface area contributed by atoms with Crippen LogP contribution in [0.15, 0.2) is 0 Å². The van der Waals surface area contributed by atoms with Gasteiger partial charge in [0.05, 0.1) is 21.6 Å². The molecular weight excluding hydrogens is 259 g/mol. The van der Waals surface area contributed by atoms with Gasteiger partial charge in [0.15, 0.2) is 0 Å². The predicted octanol–water partition coefficient (Wildman–Crippen LogP) is 1.05. The predicted molar refractivity (Wildman–Crippen MR) is 69.8 cm³/mol. The van der Waals surface area contributed by atoms with Crippen LogP contribution in [0.25, 0.3) is 0 Å². The van der Waals surface area contributed by atoms with Crippen molar-refractivity contribution < 1.29 is 14.1 Å². The van der Waals surface area contributed by atoms with Crippen LogP contribution < -0.4 is 10.6 Å². The highest BCUT2D eigenvalue weighted by Gasteiger charge is 2.42. The second-order valence-corrected chi connectivity index (χ2v) is 5.87. The first kappa shape index (κ1) is 13.0. The molecule has 2 aliphatic heterocycles. The molecule has 2 rings (SSSR count). The first-order chi connectivity index (χ1) is 8.20. The molecule has 4 atom stereocenters.